The SMILES string of the molecule is COc1c([NH+]2CC3CCCNC3C2)c(F)cc2c(=O)c3c(=O)[nH]sc3n(C3CC3)c12. The minimum absolute atomic E-state index is 0.123. The Hall–Kier alpha value is -2.23. The van der Waals surface area contributed by atoms with E-state index < -0.39 is 16.8 Å². The Morgan fingerprint density at radius 1 is 1.27 bits per heavy atom. The number of methoxy groups -OCH3 is 1. The number of nitrogens with zero attached hydrogens (tertiary/aromatic N) is 1. The van der Waals surface area contributed by atoms with Gasteiger partial charge in [-0.05, 0) is 49.8 Å². The fraction of sp³-hybridized carbons (Fsp3) is 0.524. The van der Waals surface area contributed by atoms with E-state index in [4.69, 9.17) is 4.74 Å². The van der Waals surface area contributed by atoms with Crippen LogP contribution in [0.1, 0.15) is 31.7 Å². The van der Waals surface area contributed by atoms with E-state index in [1.165, 1.54) is 17.6 Å². The molecule has 3 unspecified atom stereocenters. The first-order valence-corrected chi connectivity index (χ1v) is 11.4. The Kier molecular flexibility index (Phi) is 4.10. The number of hydrogen-bond donors (Lipinski definition) is 3. The summed E-state index contributed by atoms with van der Waals surface area (Å²) in [5, 5.41) is 3.92. The van der Waals surface area contributed by atoms with Crippen LogP contribution in [-0.4, -0.2) is 41.7 Å². The van der Waals surface area contributed by atoms with Gasteiger partial charge in [0.05, 0.1) is 31.6 Å². The van der Waals surface area contributed by atoms with Gasteiger partial charge in [-0.15, -0.1) is 0 Å². The second-order valence-corrected chi connectivity index (χ2v) is 9.58. The van der Waals surface area contributed by atoms with Crippen molar-refractivity contribution in [2.45, 2.75) is 37.8 Å². The third-order valence-electron chi connectivity index (χ3n) is 6.99. The quantitative estimate of drug-likeness (QED) is 0.584. The molecule has 3 atom stereocenters. The van der Waals surface area contributed by atoms with Crippen molar-refractivity contribution in [3.05, 3.63) is 32.5 Å². The minimum Gasteiger partial charge on any atom is -0.489 e. The summed E-state index contributed by atoms with van der Waals surface area (Å²) in [5.41, 5.74) is 0.312. The largest absolute Gasteiger partial charge is 0.489 e. The average Bonchev–Trinajstić information content (AvgIpc) is 3.37. The van der Waals surface area contributed by atoms with Crippen LogP contribution >= 0.6 is 11.5 Å². The number of aromatic nitrogens is 2. The van der Waals surface area contributed by atoms with Crippen LogP contribution in [0.25, 0.3) is 21.1 Å². The summed E-state index contributed by atoms with van der Waals surface area (Å²) in [4.78, 5) is 27.2. The number of ether oxygens (including phenoxy) is 1. The summed E-state index contributed by atoms with van der Waals surface area (Å²) >= 11 is 1.18. The highest BCUT2D eigenvalue weighted by Gasteiger charge is 2.42. The Morgan fingerprint density at radius 2 is 2.10 bits per heavy atom. The van der Waals surface area contributed by atoms with E-state index in [1.54, 1.807) is 7.11 Å². The summed E-state index contributed by atoms with van der Waals surface area (Å²) in [6.07, 6.45) is 4.25. The molecule has 1 aromatic carbocycles. The Morgan fingerprint density at radius 3 is 2.83 bits per heavy atom. The van der Waals surface area contributed by atoms with E-state index >= 15 is 4.39 Å². The molecule has 3 aliphatic rings. The Labute approximate surface area is 175 Å². The monoisotopic (exact) mass is 431 g/mol. The van der Waals surface area contributed by atoms with Crippen molar-refractivity contribution in [1.29, 1.82) is 0 Å². The molecular formula is C21H24FN4O3S+. The number of halogens is 1. The highest BCUT2D eigenvalue weighted by molar-refractivity contribution is 7.12. The molecule has 3 N–H and O–H groups in total. The molecule has 3 aromatic rings. The molecule has 2 aliphatic heterocycles. The molecule has 30 heavy (non-hydrogen) atoms. The van der Waals surface area contributed by atoms with Crippen molar-refractivity contribution >= 4 is 38.3 Å². The molecule has 2 saturated heterocycles. The fourth-order valence-corrected chi connectivity index (χ4v) is 6.43. The molecule has 0 amide bonds. The van der Waals surface area contributed by atoms with Gasteiger partial charge < -0.3 is 14.6 Å². The van der Waals surface area contributed by atoms with Crippen LogP contribution in [0.15, 0.2) is 15.7 Å². The van der Waals surface area contributed by atoms with Gasteiger partial charge in [-0.25, -0.2) is 4.39 Å². The van der Waals surface area contributed by atoms with Crippen molar-refractivity contribution in [3.63, 3.8) is 0 Å². The lowest BCUT2D eigenvalue weighted by Gasteiger charge is -2.22. The fourth-order valence-electron chi connectivity index (χ4n) is 5.51. The molecular weight excluding hydrogens is 407 g/mol. The topological polar surface area (TPSA) is 80.6 Å². The first-order chi connectivity index (χ1) is 14.6. The second-order valence-electron chi connectivity index (χ2n) is 8.78. The Bertz CT molecular complexity index is 1280. The van der Waals surface area contributed by atoms with Crippen molar-refractivity contribution in [2.24, 2.45) is 5.92 Å². The van der Waals surface area contributed by atoms with Crippen LogP contribution in [0.2, 0.25) is 0 Å². The van der Waals surface area contributed by atoms with Gasteiger partial charge in [0.25, 0.3) is 5.56 Å². The third-order valence-corrected chi connectivity index (χ3v) is 7.87. The predicted octanol–water partition coefficient (Wildman–Crippen LogP) is 1.29. The molecule has 158 valence electrons. The zero-order valence-electron chi connectivity index (χ0n) is 16.7. The van der Waals surface area contributed by atoms with Crippen LogP contribution in [0, 0.1) is 11.7 Å². The van der Waals surface area contributed by atoms with Gasteiger partial charge in [-0.1, -0.05) is 0 Å². The third kappa shape index (κ3) is 2.55. The summed E-state index contributed by atoms with van der Waals surface area (Å²) in [6, 6.07) is 1.91. The van der Waals surface area contributed by atoms with Crippen molar-refractivity contribution in [3.8, 4) is 5.75 Å². The maximum atomic E-state index is 15.5. The summed E-state index contributed by atoms with van der Waals surface area (Å²) < 4.78 is 26.0. The van der Waals surface area contributed by atoms with Gasteiger partial charge in [-0.3, -0.25) is 18.9 Å². The molecule has 4 heterocycles. The summed E-state index contributed by atoms with van der Waals surface area (Å²) in [7, 11) is 1.55. The standard InChI is InChI=1S/C21H23FN4O3S/c1-29-19-16-12(18(27)15-20(28)24-30-21(15)26(16)11-4-5-11)7-13(22)17(19)25-8-10-3-2-6-23-14(10)9-25/h7,10-11,14,23H,2-6,8-9H2,1H3,(H,24,28)/p+1. The zero-order chi connectivity index (χ0) is 20.6. The first-order valence-electron chi connectivity index (χ1n) is 10.6. The van der Waals surface area contributed by atoms with Crippen LogP contribution in [0.3, 0.4) is 0 Å². The van der Waals surface area contributed by atoms with Gasteiger partial charge in [0.1, 0.15) is 15.7 Å². The molecule has 2 aromatic heterocycles. The molecule has 1 saturated carbocycles. The number of hydrogen-bond acceptors (Lipinski definition) is 5. The smallest absolute Gasteiger partial charge is 0.271 e. The molecule has 7 nitrogen and oxygen atoms in total. The number of fused-ring (bicyclic) bond motifs is 3. The highest BCUT2D eigenvalue weighted by Crippen LogP contribution is 2.44. The Balaban J connectivity index is 1.65. The number of quaternary nitrogens is 1. The van der Waals surface area contributed by atoms with Crippen LogP contribution in [0.5, 0.6) is 5.75 Å². The van der Waals surface area contributed by atoms with E-state index in [9.17, 15) is 9.59 Å². The van der Waals surface area contributed by atoms with Crippen molar-refractivity contribution in [1.82, 2.24) is 14.3 Å². The molecule has 0 radical (unpaired) electrons. The van der Waals surface area contributed by atoms with Crippen LogP contribution in [0.4, 0.5) is 10.1 Å². The van der Waals surface area contributed by atoms with Gasteiger partial charge in [0.2, 0.25) is 16.9 Å². The molecule has 9 heteroatoms. The first kappa shape index (κ1) is 18.5. The van der Waals surface area contributed by atoms with Gasteiger partial charge >= 0.3 is 0 Å². The van der Waals surface area contributed by atoms with E-state index in [-0.39, 0.29) is 16.8 Å². The molecule has 0 spiro atoms. The van der Waals surface area contributed by atoms with E-state index in [0.717, 1.165) is 50.2 Å². The maximum Gasteiger partial charge on any atom is 0.271 e. The second kappa shape index (κ2) is 6.63. The number of rotatable bonds is 3. The molecule has 0 bridgehead atoms. The van der Waals surface area contributed by atoms with E-state index in [0.29, 0.717) is 33.7 Å². The van der Waals surface area contributed by atoms with Gasteiger partial charge in [0.15, 0.2) is 5.82 Å². The number of nitrogens with one attached hydrogen (secondary N) is 3. The van der Waals surface area contributed by atoms with Crippen molar-refractivity contribution in [2.75, 3.05) is 26.7 Å². The number of aromatic amines is 1. The zero-order valence-corrected chi connectivity index (χ0v) is 17.5. The minimum atomic E-state index is -0.432. The number of benzene rings is 1. The predicted molar refractivity (Wildman–Crippen MR) is 114 cm³/mol. The lowest BCUT2D eigenvalue weighted by molar-refractivity contribution is -0.821. The maximum absolute atomic E-state index is 15.5. The lowest BCUT2D eigenvalue weighted by Crippen LogP contribution is -3.06. The van der Waals surface area contributed by atoms with Crippen molar-refractivity contribution < 1.29 is 14.0 Å². The van der Waals surface area contributed by atoms with Crippen LogP contribution < -0.4 is 25.9 Å². The number of H-pyrrole nitrogens is 1. The number of pyridine rings is 1. The number of piperidine rings is 1. The van der Waals surface area contributed by atoms with E-state index in [1.807, 2.05) is 4.57 Å². The summed E-state index contributed by atoms with van der Waals surface area (Å²) in [6.45, 7) is 2.66. The highest BCUT2D eigenvalue weighted by atomic mass is 32.1. The van der Waals surface area contributed by atoms with E-state index in [2.05, 4.69) is 9.69 Å². The lowest BCUT2D eigenvalue weighted by atomic mass is 9.94. The van der Waals surface area contributed by atoms with Gasteiger partial charge in [0, 0.05) is 12.0 Å². The molecule has 3 fully saturated rings. The average molecular weight is 432 g/mol. The van der Waals surface area contributed by atoms with Crippen LogP contribution in [-0.2, 0) is 0 Å². The normalized spacial score (nSPS) is 26.4. The molecule has 6 rings (SSSR count). The molecule has 1 aliphatic carbocycles. The van der Waals surface area contributed by atoms with Gasteiger partial charge in [-0.2, -0.15) is 0 Å². The summed E-state index contributed by atoms with van der Waals surface area (Å²) in [5.74, 6) is 0.528.